The molecule has 0 aliphatic carbocycles. The Morgan fingerprint density at radius 2 is 2.06 bits per heavy atom. The van der Waals surface area contributed by atoms with Crippen LogP contribution in [0.2, 0.25) is 0 Å². The fraction of sp³-hybridized carbons (Fsp3) is 0.333. The Kier molecular flexibility index (Phi) is 3.22. The number of hydrogen-bond acceptors (Lipinski definition) is 3. The van der Waals surface area contributed by atoms with Crippen molar-refractivity contribution in [3.8, 4) is 0 Å². The number of aryl methyl sites for hydroxylation is 1. The summed E-state index contributed by atoms with van der Waals surface area (Å²) < 4.78 is 24.3. The first-order chi connectivity index (χ1) is 8.01. The maximum Gasteiger partial charge on any atom is 0.149 e. The van der Waals surface area contributed by atoms with E-state index < -0.39 is 9.84 Å². The lowest BCUT2D eigenvalue weighted by Gasteiger charge is -2.05. The molecule has 0 bridgehead atoms. The molecule has 4 nitrogen and oxygen atoms in total. The van der Waals surface area contributed by atoms with Crippen LogP contribution in [0.1, 0.15) is 5.56 Å². The average Bonchev–Trinajstić information content (AvgIpc) is 2.68. The molecule has 5 heteroatoms. The summed E-state index contributed by atoms with van der Waals surface area (Å²) in [6.07, 6.45) is 3.17. The minimum atomic E-state index is -2.93. The average molecular weight is 252 g/mol. The predicted molar refractivity (Wildman–Crippen MR) is 69.5 cm³/mol. The third kappa shape index (κ3) is 2.68. The monoisotopic (exact) mass is 252 g/mol. The zero-order valence-electron chi connectivity index (χ0n) is 9.76. The Balaban J connectivity index is 2.37. The molecule has 0 amide bonds. The third-order valence-electron chi connectivity index (χ3n) is 2.83. The van der Waals surface area contributed by atoms with Gasteiger partial charge in [0.25, 0.3) is 0 Å². The second-order valence-corrected chi connectivity index (χ2v) is 6.45. The minimum Gasteiger partial charge on any atom is -0.346 e. The second kappa shape index (κ2) is 4.50. The molecule has 0 atom stereocenters. The van der Waals surface area contributed by atoms with Gasteiger partial charge in [0.2, 0.25) is 0 Å². The molecular weight excluding hydrogens is 236 g/mol. The first-order valence-electron chi connectivity index (χ1n) is 5.46. The number of fused-ring (bicyclic) bond motifs is 1. The van der Waals surface area contributed by atoms with Gasteiger partial charge in [0, 0.05) is 36.4 Å². The first-order valence-corrected chi connectivity index (χ1v) is 7.52. The van der Waals surface area contributed by atoms with Crippen molar-refractivity contribution < 1.29 is 8.42 Å². The van der Waals surface area contributed by atoms with Crippen LogP contribution in [-0.4, -0.2) is 25.0 Å². The lowest BCUT2D eigenvalue weighted by atomic mass is 10.1. The van der Waals surface area contributed by atoms with Gasteiger partial charge in [-0.3, -0.25) is 0 Å². The molecule has 0 aliphatic heterocycles. The fourth-order valence-electron chi connectivity index (χ4n) is 1.92. The lowest BCUT2D eigenvalue weighted by Crippen LogP contribution is -2.10. The highest BCUT2D eigenvalue weighted by Crippen LogP contribution is 2.19. The van der Waals surface area contributed by atoms with E-state index >= 15 is 0 Å². The standard InChI is InChI=1S/C12H16N2O2S/c1-17(15,16)8-7-14-6-5-11-10(9-13)3-2-4-12(11)14/h2-6H,7-9,13H2,1H3. The van der Waals surface area contributed by atoms with Gasteiger partial charge in [-0.15, -0.1) is 0 Å². The molecule has 0 unspecified atom stereocenters. The Hall–Kier alpha value is -1.33. The van der Waals surface area contributed by atoms with Gasteiger partial charge in [0.05, 0.1) is 5.75 Å². The van der Waals surface area contributed by atoms with Crippen LogP contribution in [0.4, 0.5) is 0 Å². The van der Waals surface area contributed by atoms with E-state index in [0.29, 0.717) is 13.1 Å². The molecule has 0 saturated heterocycles. The van der Waals surface area contributed by atoms with Crippen molar-refractivity contribution in [3.63, 3.8) is 0 Å². The summed E-state index contributed by atoms with van der Waals surface area (Å²) in [5.74, 6) is 0.156. The topological polar surface area (TPSA) is 65.1 Å². The molecule has 0 spiro atoms. The van der Waals surface area contributed by atoms with E-state index in [9.17, 15) is 8.42 Å². The number of nitrogens with two attached hydrogens (primary N) is 1. The number of sulfone groups is 1. The molecular formula is C12H16N2O2S. The maximum absolute atomic E-state index is 11.2. The molecule has 0 saturated carbocycles. The summed E-state index contributed by atoms with van der Waals surface area (Å²) in [6, 6.07) is 7.90. The number of benzene rings is 1. The summed E-state index contributed by atoms with van der Waals surface area (Å²) in [7, 11) is -2.93. The zero-order chi connectivity index (χ0) is 12.5. The summed E-state index contributed by atoms with van der Waals surface area (Å²) in [4.78, 5) is 0. The van der Waals surface area contributed by atoms with Crippen LogP contribution in [0.15, 0.2) is 30.5 Å². The molecule has 2 rings (SSSR count). The lowest BCUT2D eigenvalue weighted by molar-refractivity contribution is 0.596. The largest absolute Gasteiger partial charge is 0.346 e. The number of nitrogens with zero attached hydrogens (tertiary/aromatic N) is 1. The van der Waals surface area contributed by atoms with Gasteiger partial charge in [-0.2, -0.15) is 0 Å². The molecule has 0 aliphatic rings. The highest BCUT2D eigenvalue weighted by Gasteiger charge is 2.07. The van der Waals surface area contributed by atoms with Crippen molar-refractivity contribution in [2.45, 2.75) is 13.1 Å². The molecule has 1 aromatic heterocycles. The van der Waals surface area contributed by atoms with Crippen molar-refractivity contribution in [3.05, 3.63) is 36.0 Å². The first kappa shape index (κ1) is 12.1. The molecule has 1 heterocycles. The molecule has 2 N–H and O–H groups in total. The van der Waals surface area contributed by atoms with Gasteiger partial charge in [0.1, 0.15) is 9.84 Å². The zero-order valence-corrected chi connectivity index (χ0v) is 10.6. The van der Waals surface area contributed by atoms with Crippen molar-refractivity contribution >= 4 is 20.7 Å². The van der Waals surface area contributed by atoms with Crippen LogP contribution in [0, 0.1) is 0 Å². The summed E-state index contributed by atoms with van der Waals surface area (Å²) in [5, 5.41) is 1.10. The minimum absolute atomic E-state index is 0.156. The highest BCUT2D eigenvalue weighted by atomic mass is 32.2. The molecule has 2 aromatic rings. The van der Waals surface area contributed by atoms with E-state index in [4.69, 9.17) is 5.73 Å². The van der Waals surface area contributed by atoms with E-state index in [1.54, 1.807) is 0 Å². The SMILES string of the molecule is CS(=O)(=O)CCn1ccc2c(CN)cccc21. The van der Waals surface area contributed by atoms with Crippen molar-refractivity contribution in [1.29, 1.82) is 0 Å². The van der Waals surface area contributed by atoms with E-state index in [1.165, 1.54) is 6.26 Å². The van der Waals surface area contributed by atoms with Gasteiger partial charge in [-0.25, -0.2) is 8.42 Å². The van der Waals surface area contributed by atoms with Gasteiger partial charge in [0.15, 0.2) is 0 Å². The Morgan fingerprint density at radius 1 is 1.29 bits per heavy atom. The molecule has 0 radical (unpaired) electrons. The summed E-state index contributed by atoms with van der Waals surface area (Å²) >= 11 is 0. The Bertz CT molecular complexity index is 629. The quantitative estimate of drug-likeness (QED) is 0.887. The van der Waals surface area contributed by atoms with Crippen molar-refractivity contribution in [1.82, 2.24) is 4.57 Å². The van der Waals surface area contributed by atoms with Crippen molar-refractivity contribution in [2.24, 2.45) is 5.73 Å². The number of aromatic nitrogens is 1. The molecule has 17 heavy (non-hydrogen) atoms. The van der Waals surface area contributed by atoms with Gasteiger partial charge >= 0.3 is 0 Å². The number of hydrogen-bond donors (Lipinski definition) is 1. The summed E-state index contributed by atoms with van der Waals surface area (Å²) in [6.45, 7) is 0.976. The fourth-order valence-corrected chi connectivity index (χ4v) is 2.45. The van der Waals surface area contributed by atoms with Crippen LogP contribution in [0.5, 0.6) is 0 Å². The molecule has 0 fully saturated rings. The van der Waals surface area contributed by atoms with Crippen LogP contribution in [-0.2, 0) is 22.9 Å². The van der Waals surface area contributed by atoms with Crippen LogP contribution >= 0.6 is 0 Å². The third-order valence-corrected chi connectivity index (χ3v) is 3.75. The van der Waals surface area contributed by atoms with E-state index in [2.05, 4.69) is 0 Å². The molecule has 92 valence electrons. The summed E-state index contributed by atoms with van der Waals surface area (Å²) in [5.41, 5.74) is 7.79. The van der Waals surface area contributed by atoms with Crippen LogP contribution in [0.25, 0.3) is 10.9 Å². The maximum atomic E-state index is 11.2. The van der Waals surface area contributed by atoms with Crippen molar-refractivity contribution in [2.75, 3.05) is 12.0 Å². The van der Waals surface area contributed by atoms with Gasteiger partial charge < -0.3 is 10.3 Å². The van der Waals surface area contributed by atoms with E-state index in [-0.39, 0.29) is 5.75 Å². The van der Waals surface area contributed by atoms with Gasteiger partial charge in [-0.1, -0.05) is 12.1 Å². The Labute approximate surface area is 101 Å². The van der Waals surface area contributed by atoms with Crippen LogP contribution in [0.3, 0.4) is 0 Å². The smallest absolute Gasteiger partial charge is 0.149 e. The predicted octanol–water partition coefficient (Wildman–Crippen LogP) is 1.14. The highest BCUT2D eigenvalue weighted by molar-refractivity contribution is 7.90. The van der Waals surface area contributed by atoms with Crippen LogP contribution < -0.4 is 5.73 Å². The molecule has 1 aromatic carbocycles. The Morgan fingerprint density at radius 3 is 2.71 bits per heavy atom. The van der Waals surface area contributed by atoms with Gasteiger partial charge in [-0.05, 0) is 17.7 Å². The number of rotatable bonds is 4. The van der Waals surface area contributed by atoms with E-state index in [1.807, 2.05) is 35.0 Å². The second-order valence-electron chi connectivity index (χ2n) is 4.19. The normalized spacial score (nSPS) is 12.1. The van der Waals surface area contributed by atoms with E-state index in [0.717, 1.165) is 16.5 Å².